The molecule has 0 radical (unpaired) electrons. The van der Waals surface area contributed by atoms with Crippen LogP contribution in [0.25, 0.3) is 0 Å². The zero-order chi connectivity index (χ0) is 14.5. The van der Waals surface area contributed by atoms with E-state index in [4.69, 9.17) is 18.0 Å². The molecule has 5 nitrogen and oxygen atoms in total. The number of carbonyl (C=O) groups excluding carboxylic acids is 1. The summed E-state index contributed by atoms with van der Waals surface area (Å²) in [4.78, 5) is 15.9. The zero-order valence-corrected chi connectivity index (χ0v) is 11.4. The van der Waals surface area contributed by atoms with Crippen molar-refractivity contribution < 1.29 is 9.90 Å². The van der Waals surface area contributed by atoms with E-state index in [9.17, 15) is 9.90 Å². The molecular formula is C14H13N3O2S. The number of carbonyl (C=O) groups is 1. The fraction of sp³-hybridized carbons (Fsp3) is 0.0714. The van der Waals surface area contributed by atoms with Crippen LogP contribution in [0.15, 0.2) is 42.7 Å². The molecule has 0 fully saturated rings. The van der Waals surface area contributed by atoms with Gasteiger partial charge in [0.25, 0.3) is 5.91 Å². The number of nitrogens with one attached hydrogen (secondary N) is 1. The summed E-state index contributed by atoms with van der Waals surface area (Å²) in [6.07, 6.45) is 2.68. The zero-order valence-electron chi connectivity index (χ0n) is 10.5. The topological polar surface area (TPSA) is 88.2 Å². The van der Waals surface area contributed by atoms with Crippen LogP contribution in [0.4, 0.5) is 0 Å². The summed E-state index contributed by atoms with van der Waals surface area (Å²) >= 11 is 4.86. The summed E-state index contributed by atoms with van der Waals surface area (Å²) in [6, 6.07) is 8.73. The average molecular weight is 287 g/mol. The molecule has 1 aromatic carbocycles. The van der Waals surface area contributed by atoms with E-state index in [0.717, 1.165) is 11.1 Å². The smallest absolute Gasteiger partial charge is 0.255 e. The van der Waals surface area contributed by atoms with Gasteiger partial charge in [0.2, 0.25) is 0 Å². The van der Waals surface area contributed by atoms with Gasteiger partial charge < -0.3 is 16.2 Å². The molecule has 1 aromatic heterocycles. The van der Waals surface area contributed by atoms with Gasteiger partial charge in [-0.15, -0.1) is 0 Å². The molecule has 102 valence electrons. The second-order valence-electron chi connectivity index (χ2n) is 4.14. The van der Waals surface area contributed by atoms with E-state index >= 15 is 0 Å². The first kappa shape index (κ1) is 14.0. The normalized spacial score (nSPS) is 10.0. The van der Waals surface area contributed by atoms with Crippen LogP contribution in [-0.2, 0) is 6.54 Å². The Bertz CT molecular complexity index is 641. The predicted octanol–water partition coefficient (Wildman–Crippen LogP) is 1.35. The van der Waals surface area contributed by atoms with E-state index in [1.165, 1.54) is 18.5 Å². The third-order valence-corrected chi connectivity index (χ3v) is 2.97. The van der Waals surface area contributed by atoms with Crippen molar-refractivity contribution in [1.29, 1.82) is 0 Å². The number of benzene rings is 1. The number of hydrogen-bond donors (Lipinski definition) is 3. The summed E-state index contributed by atoms with van der Waals surface area (Å²) in [6.45, 7) is 0.345. The molecule has 0 aliphatic rings. The van der Waals surface area contributed by atoms with Crippen molar-refractivity contribution in [2.45, 2.75) is 6.54 Å². The molecule has 0 spiro atoms. The van der Waals surface area contributed by atoms with Crippen LogP contribution in [0.1, 0.15) is 21.5 Å². The van der Waals surface area contributed by atoms with E-state index in [1.807, 2.05) is 12.1 Å². The van der Waals surface area contributed by atoms with E-state index in [-0.39, 0.29) is 17.2 Å². The monoisotopic (exact) mass is 287 g/mol. The van der Waals surface area contributed by atoms with Gasteiger partial charge in [0.1, 0.15) is 10.7 Å². The van der Waals surface area contributed by atoms with Crippen molar-refractivity contribution in [3.05, 3.63) is 59.4 Å². The lowest BCUT2D eigenvalue weighted by Gasteiger charge is -2.07. The number of pyridine rings is 1. The van der Waals surface area contributed by atoms with Crippen LogP contribution in [0, 0.1) is 0 Å². The Kier molecular flexibility index (Phi) is 4.27. The van der Waals surface area contributed by atoms with Gasteiger partial charge in [0.15, 0.2) is 0 Å². The summed E-state index contributed by atoms with van der Waals surface area (Å²) in [5, 5.41) is 12.2. The van der Waals surface area contributed by atoms with Crippen LogP contribution in [0.3, 0.4) is 0 Å². The van der Waals surface area contributed by atoms with Gasteiger partial charge in [-0.2, -0.15) is 0 Å². The first-order valence-electron chi connectivity index (χ1n) is 5.88. The maximum atomic E-state index is 11.9. The summed E-state index contributed by atoms with van der Waals surface area (Å²) in [5.74, 6) is -0.503. The van der Waals surface area contributed by atoms with E-state index in [1.54, 1.807) is 12.1 Å². The third-order valence-electron chi connectivity index (χ3n) is 2.74. The second-order valence-corrected chi connectivity index (χ2v) is 4.58. The highest BCUT2D eigenvalue weighted by atomic mass is 32.1. The Balaban J connectivity index is 2.00. The lowest BCUT2D eigenvalue weighted by Crippen LogP contribution is -2.23. The molecule has 1 amide bonds. The maximum Gasteiger partial charge on any atom is 0.255 e. The number of nitrogens with zero attached hydrogens (tertiary/aromatic N) is 1. The number of thiocarbonyl (C=S) groups is 1. The van der Waals surface area contributed by atoms with Gasteiger partial charge in [0, 0.05) is 18.3 Å². The van der Waals surface area contributed by atoms with Crippen molar-refractivity contribution in [3.63, 3.8) is 0 Å². The maximum absolute atomic E-state index is 11.9. The van der Waals surface area contributed by atoms with Crippen LogP contribution in [0.2, 0.25) is 0 Å². The molecular weight excluding hydrogens is 274 g/mol. The summed E-state index contributed by atoms with van der Waals surface area (Å²) in [7, 11) is 0. The highest BCUT2D eigenvalue weighted by Crippen LogP contribution is 2.13. The Hall–Kier alpha value is -2.47. The Morgan fingerprint density at radius 1 is 1.30 bits per heavy atom. The van der Waals surface area contributed by atoms with Gasteiger partial charge in [-0.05, 0) is 11.6 Å². The van der Waals surface area contributed by atoms with Crippen molar-refractivity contribution >= 4 is 23.1 Å². The quantitative estimate of drug-likeness (QED) is 0.739. The SMILES string of the molecule is NC(=S)c1ccc(CNC(=O)c2ccncc2O)cc1. The van der Waals surface area contributed by atoms with E-state index in [0.29, 0.717) is 11.5 Å². The first-order valence-corrected chi connectivity index (χ1v) is 6.28. The molecule has 0 saturated carbocycles. The van der Waals surface area contributed by atoms with E-state index in [2.05, 4.69) is 10.3 Å². The minimum atomic E-state index is -0.358. The fourth-order valence-corrected chi connectivity index (χ4v) is 1.78. The molecule has 0 saturated heterocycles. The molecule has 20 heavy (non-hydrogen) atoms. The molecule has 0 atom stereocenters. The van der Waals surface area contributed by atoms with Gasteiger partial charge >= 0.3 is 0 Å². The fourth-order valence-electron chi connectivity index (χ4n) is 1.64. The summed E-state index contributed by atoms with van der Waals surface area (Å²) < 4.78 is 0. The highest BCUT2D eigenvalue weighted by Gasteiger charge is 2.10. The molecule has 1 heterocycles. The molecule has 2 aromatic rings. The lowest BCUT2D eigenvalue weighted by atomic mass is 10.1. The number of nitrogens with two attached hydrogens (primary N) is 1. The molecule has 2 rings (SSSR count). The molecule has 0 aliphatic heterocycles. The molecule has 4 N–H and O–H groups in total. The number of aromatic hydroxyl groups is 1. The summed E-state index contributed by atoms with van der Waals surface area (Å²) in [5.41, 5.74) is 7.39. The molecule has 0 unspecified atom stereocenters. The minimum absolute atomic E-state index is 0.145. The number of amides is 1. The molecule has 0 aliphatic carbocycles. The van der Waals surface area contributed by atoms with Crippen LogP contribution in [-0.4, -0.2) is 21.0 Å². The van der Waals surface area contributed by atoms with Crippen molar-refractivity contribution in [2.75, 3.05) is 0 Å². The van der Waals surface area contributed by atoms with Gasteiger partial charge in [-0.1, -0.05) is 36.5 Å². The van der Waals surface area contributed by atoms with Crippen molar-refractivity contribution in [1.82, 2.24) is 10.3 Å². The van der Waals surface area contributed by atoms with Crippen LogP contribution < -0.4 is 11.1 Å². The van der Waals surface area contributed by atoms with Gasteiger partial charge in [0.05, 0.1) is 11.8 Å². The molecule has 0 bridgehead atoms. The Morgan fingerprint density at radius 2 is 2.00 bits per heavy atom. The van der Waals surface area contributed by atoms with Crippen LogP contribution in [0.5, 0.6) is 5.75 Å². The minimum Gasteiger partial charge on any atom is -0.505 e. The molecule has 6 heteroatoms. The van der Waals surface area contributed by atoms with Crippen LogP contribution >= 0.6 is 12.2 Å². The number of aromatic nitrogens is 1. The van der Waals surface area contributed by atoms with Crippen molar-refractivity contribution in [2.24, 2.45) is 5.73 Å². The average Bonchev–Trinajstić information content (AvgIpc) is 2.45. The second kappa shape index (κ2) is 6.12. The van der Waals surface area contributed by atoms with E-state index < -0.39 is 0 Å². The third kappa shape index (κ3) is 3.30. The lowest BCUT2D eigenvalue weighted by molar-refractivity contribution is 0.0948. The Morgan fingerprint density at radius 3 is 2.60 bits per heavy atom. The number of rotatable bonds is 4. The van der Waals surface area contributed by atoms with Gasteiger partial charge in [-0.3, -0.25) is 9.78 Å². The Labute approximate surface area is 121 Å². The number of hydrogen-bond acceptors (Lipinski definition) is 4. The standard InChI is InChI=1S/C14H13N3O2S/c15-13(20)10-3-1-9(2-4-10)7-17-14(19)11-5-6-16-8-12(11)18/h1-6,8,18H,7H2,(H2,15,20)(H,17,19). The predicted molar refractivity (Wildman–Crippen MR) is 79.4 cm³/mol. The first-order chi connectivity index (χ1) is 9.58. The van der Waals surface area contributed by atoms with Gasteiger partial charge in [-0.25, -0.2) is 0 Å². The highest BCUT2D eigenvalue weighted by molar-refractivity contribution is 7.80. The van der Waals surface area contributed by atoms with Crippen molar-refractivity contribution in [3.8, 4) is 5.75 Å². The largest absolute Gasteiger partial charge is 0.505 e.